The number of benzene rings is 2. The van der Waals surface area contributed by atoms with Crippen molar-refractivity contribution in [2.75, 3.05) is 18.5 Å². The highest BCUT2D eigenvalue weighted by Crippen LogP contribution is 2.36. The molecule has 1 saturated heterocycles. The Balaban J connectivity index is 1.39. The quantitative estimate of drug-likeness (QED) is 0.224. The molecule has 10 heteroatoms. The minimum Gasteiger partial charge on any atom is -0.383 e. The Morgan fingerprint density at radius 2 is 1.95 bits per heavy atom. The number of aliphatic hydroxyl groups is 1. The van der Waals surface area contributed by atoms with Crippen molar-refractivity contribution in [3.63, 3.8) is 0 Å². The van der Waals surface area contributed by atoms with Crippen LogP contribution < -0.4 is 5.32 Å². The van der Waals surface area contributed by atoms with E-state index in [-0.39, 0.29) is 25.2 Å². The molecule has 2 atom stereocenters. The van der Waals surface area contributed by atoms with Gasteiger partial charge in [0.25, 0.3) is 0 Å². The average molecular weight is 580 g/mol. The third-order valence-corrected chi connectivity index (χ3v) is 7.96. The zero-order chi connectivity index (χ0) is 29.1. The van der Waals surface area contributed by atoms with Gasteiger partial charge in [-0.1, -0.05) is 60.1 Å². The normalized spacial score (nSPS) is 15.5. The van der Waals surface area contributed by atoms with Gasteiger partial charge in [0.05, 0.1) is 53.3 Å². The summed E-state index contributed by atoms with van der Waals surface area (Å²) < 4.78 is 6.84. The molecule has 4 heterocycles. The molecule has 2 N–H and O–H groups in total. The molecule has 0 spiro atoms. The van der Waals surface area contributed by atoms with Crippen molar-refractivity contribution in [1.82, 2.24) is 25.0 Å². The lowest BCUT2D eigenvalue weighted by atomic mass is 9.89. The molecule has 0 amide bonds. The van der Waals surface area contributed by atoms with Gasteiger partial charge >= 0.3 is 0 Å². The van der Waals surface area contributed by atoms with Gasteiger partial charge in [0.15, 0.2) is 0 Å². The van der Waals surface area contributed by atoms with Crippen LogP contribution in [0.25, 0.3) is 10.9 Å². The fourth-order valence-corrected chi connectivity index (χ4v) is 5.74. The number of rotatable bonds is 10. The van der Waals surface area contributed by atoms with Crippen molar-refractivity contribution >= 4 is 28.2 Å². The predicted molar refractivity (Wildman–Crippen MR) is 160 cm³/mol. The molecular formula is C32H30ClN7O2. The summed E-state index contributed by atoms with van der Waals surface area (Å²) in [7, 11) is 0. The first-order valence-electron chi connectivity index (χ1n) is 13.9. The molecule has 42 heavy (non-hydrogen) atoms. The molecular weight excluding hydrogens is 550 g/mol. The lowest BCUT2D eigenvalue weighted by molar-refractivity contribution is -0.186. The van der Waals surface area contributed by atoms with Crippen molar-refractivity contribution < 1.29 is 9.84 Å². The van der Waals surface area contributed by atoms with E-state index in [4.69, 9.17) is 16.3 Å². The first-order chi connectivity index (χ1) is 20.5. The second-order valence-corrected chi connectivity index (χ2v) is 11.2. The van der Waals surface area contributed by atoms with Gasteiger partial charge in [-0.25, -0.2) is 4.68 Å². The van der Waals surface area contributed by atoms with Crippen LogP contribution in [0, 0.1) is 11.3 Å². The van der Waals surface area contributed by atoms with Gasteiger partial charge in [-0.05, 0) is 47.7 Å². The molecule has 5 aromatic rings. The van der Waals surface area contributed by atoms with Crippen LogP contribution in [-0.2, 0) is 17.7 Å². The van der Waals surface area contributed by atoms with Crippen LogP contribution in [-0.4, -0.2) is 48.9 Å². The molecule has 1 aliphatic rings. The Hall–Kier alpha value is -4.36. The SMILES string of the molecule is CC[C@@H](Nc1c(C#N)cnc2c(Cl)cc(C[C@@H](c3cccnc3)c3cn(CC4(O)COC4)nn3)cc12)c1ccccc1. The number of hydrogen-bond donors (Lipinski definition) is 2. The Kier molecular flexibility index (Phi) is 7.85. The number of nitrogens with one attached hydrogen (secondary N) is 1. The molecule has 2 aromatic carbocycles. The molecule has 0 bridgehead atoms. The maximum absolute atomic E-state index is 10.5. The number of halogens is 1. The zero-order valence-electron chi connectivity index (χ0n) is 23.1. The van der Waals surface area contributed by atoms with Crippen LogP contribution in [0.4, 0.5) is 5.69 Å². The summed E-state index contributed by atoms with van der Waals surface area (Å²) in [5, 5.41) is 34.2. The number of nitriles is 1. The van der Waals surface area contributed by atoms with Crippen LogP contribution in [0.3, 0.4) is 0 Å². The van der Waals surface area contributed by atoms with E-state index in [0.717, 1.165) is 34.2 Å². The summed E-state index contributed by atoms with van der Waals surface area (Å²) in [4.78, 5) is 8.88. The van der Waals surface area contributed by atoms with Crippen molar-refractivity contribution in [3.05, 3.63) is 112 Å². The number of fused-ring (bicyclic) bond motifs is 1. The third-order valence-electron chi connectivity index (χ3n) is 7.67. The van der Waals surface area contributed by atoms with Gasteiger partial charge in [-0.3, -0.25) is 9.97 Å². The lowest BCUT2D eigenvalue weighted by Crippen LogP contribution is -2.52. The molecule has 212 valence electrons. The summed E-state index contributed by atoms with van der Waals surface area (Å²) in [5.74, 6) is -0.176. The number of hydrogen-bond acceptors (Lipinski definition) is 8. The molecule has 6 rings (SSSR count). The van der Waals surface area contributed by atoms with E-state index >= 15 is 0 Å². The largest absolute Gasteiger partial charge is 0.383 e. The van der Waals surface area contributed by atoms with Gasteiger partial charge in [0.1, 0.15) is 11.7 Å². The van der Waals surface area contributed by atoms with Crippen LogP contribution in [0.5, 0.6) is 0 Å². The second-order valence-electron chi connectivity index (χ2n) is 10.7. The second kappa shape index (κ2) is 11.9. The minimum atomic E-state index is -0.925. The average Bonchev–Trinajstić information content (AvgIpc) is 3.46. The van der Waals surface area contributed by atoms with Gasteiger partial charge in [-0.15, -0.1) is 5.10 Å². The Bertz CT molecular complexity index is 1730. The smallest absolute Gasteiger partial charge is 0.131 e. The maximum Gasteiger partial charge on any atom is 0.131 e. The lowest BCUT2D eigenvalue weighted by Gasteiger charge is -2.35. The van der Waals surface area contributed by atoms with Gasteiger partial charge in [0, 0.05) is 36.1 Å². The van der Waals surface area contributed by atoms with Gasteiger partial charge in [-0.2, -0.15) is 5.26 Å². The summed E-state index contributed by atoms with van der Waals surface area (Å²) in [6.07, 6.45) is 8.38. The Labute approximate surface area is 248 Å². The predicted octanol–water partition coefficient (Wildman–Crippen LogP) is 5.45. The van der Waals surface area contributed by atoms with Gasteiger partial charge in [0.2, 0.25) is 0 Å². The Morgan fingerprint density at radius 1 is 1.14 bits per heavy atom. The van der Waals surface area contributed by atoms with Crippen molar-refractivity contribution in [2.24, 2.45) is 0 Å². The number of pyridine rings is 2. The zero-order valence-corrected chi connectivity index (χ0v) is 23.9. The van der Waals surface area contributed by atoms with Crippen molar-refractivity contribution in [2.45, 2.75) is 43.9 Å². The highest BCUT2D eigenvalue weighted by molar-refractivity contribution is 6.35. The Morgan fingerprint density at radius 3 is 2.64 bits per heavy atom. The number of ether oxygens (including phenoxy) is 1. The van der Waals surface area contributed by atoms with E-state index in [2.05, 4.69) is 56.8 Å². The standard InChI is InChI=1S/C32H30ClN7O2/c1-2-28(22-7-4-3-5-8-22)37-30-24(14-34)16-36-31-26(30)12-21(13-27(31)33)11-25(23-9-6-10-35-15-23)29-17-40(39-38-29)18-32(41)19-42-20-32/h3-10,12-13,15-17,25,28,41H,2,11,18-20H2,1H3,(H,36,37)/t25-,28+/m0/s1. The molecule has 1 fully saturated rings. The van der Waals surface area contributed by atoms with Crippen molar-refractivity contribution in [3.8, 4) is 6.07 Å². The number of anilines is 1. The molecule has 1 aliphatic heterocycles. The van der Waals surface area contributed by atoms with Crippen molar-refractivity contribution in [1.29, 1.82) is 5.26 Å². The van der Waals surface area contributed by atoms with E-state index in [1.807, 2.05) is 48.8 Å². The van der Waals surface area contributed by atoms with E-state index in [9.17, 15) is 10.4 Å². The van der Waals surface area contributed by atoms with Crippen LogP contribution in [0.1, 0.15) is 53.3 Å². The summed E-state index contributed by atoms with van der Waals surface area (Å²) in [6.45, 7) is 2.98. The van der Waals surface area contributed by atoms with E-state index in [1.54, 1.807) is 17.1 Å². The summed E-state index contributed by atoms with van der Waals surface area (Å²) in [5.41, 5.74) is 4.68. The number of nitrogens with zero attached hydrogens (tertiary/aromatic N) is 6. The molecule has 0 aliphatic carbocycles. The van der Waals surface area contributed by atoms with Gasteiger partial charge < -0.3 is 15.2 Å². The van der Waals surface area contributed by atoms with E-state index in [1.165, 1.54) is 0 Å². The number of aromatic nitrogens is 5. The fraction of sp³-hybridized carbons (Fsp3) is 0.281. The molecule has 9 nitrogen and oxygen atoms in total. The highest BCUT2D eigenvalue weighted by Gasteiger charge is 2.37. The third kappa shape index (κ3) is 5.70. The monoisotopic (exact) mass is 579 g/mol. The summed E-state index contributed by atoms with van der Waals surface area (Å²) in [6, 6.07) is 20.4. The maximum atomic E-state index is 10.5. The first kappa shape index (κ1) is 27.8. The van der Waals surface area contributed by atoms with E-state index < -0.39 is 5.60 Å². The van der Waals surface area contributed by atoms with E-state index in [0.29, 0.717) is 34.8 Å². The topological polar surface area (TPSA) is 122 Å². The molecule has 0 radical (unpaired) electrons. The fourth-order valence-electron chi connectivity index (χ4n) is 5.45. The molecule has 3 aromatic heterocycles. The van der Waals surface area contributed by atoms with Crippen LogP contribution >= 0.6 is 11.6 Å². The summed E-state index contributed by atoms with van der Waals surface area (Å²) >= 11 is 6.83. The first-order valence-corrected chi connectivity index (χ1v) is 14.3. The van der Waals surface area contributed by atoms with Crippen LogP contribution in [0.15, 0.2) is 79.4 Å². The molecule has 0 saturated carbocycles. The minimum absolute atomic E-state index is 0.000368. The van der Waals surface area contributed by atoms with Crippen LogP contribution in [0.2, 0.25) is 5.02 Å². The highest BCUT2D eigenvalue weighted by atomic mass is 35.5. The molecule has 0 unspecified atom stereocenters.